The van der Waals surface area contributed by atoms with Gasteiger partial charge < -0.3 is 20.9 Å². The molecule has 5 rings (SSSR count). The second-order valence-corrected chi connectivity index (χ2v) is 9.33. The van der Waals surface area contributed by atoms with E-state index in [2.05, 4.69) is 16.0 Å². The van der Waals surface area contributed by atoms with Crippen molar-refractivity contribution in [1.29, 1.82) is 0 Å². The minimum Gasteiger partial charge on any atom is -0.346 e. The lowest BCUT2D eigenvalue weighted by Gasteiger charge is -2.24. The number of nitrogens with one attached hydrogen (secondary N) is 3. The first kappa shape index (κ1) is 21.6. The third kappa shape index (κ3) is 4.13. The number of carbonyl (C=O) groups is 3. The summed E-state index contributed by atoms with van der Waals surface area (Å²) in [7, 11) is 1.72. The second kappa shape index (κ2) is 8.98. The van der Waals surface area contributed by atoms with E-state index in [1.165, 1.54) is 19.3 Å². The third-order valence-electron chi connectivity index (χ3n) is 7.31. The van der Waals surface area contributed by atoms with Gasteiger partial charge in [-0.15, -0.1) is 0 Å². The number of likely N-dealkylation sites (N-methyl/N-ethyl adjacent to an activating group) is 1. The second-order valence-electron chi connectivity index (χ2n) is 9.33. The number of nitrogens with zero attached hydrogens (tertiary/aromatic N) is 1. The van der Waals surface area contributed by atoms with Gasteiger partial charge >= 0.3 is 0 Å². The van der Waals surface area contributed by atoms with Gasteiger partial charge in [0.15, 0.2) is 0 Å². The average molecular weight is 447 g/mol. The summed E-state index contributed by atoms with van der Waals surface area (Å²) < 4.78 is 0. The lowest BCUT2D eigenvalue weighted by Crippen LogP contribution is -2.48. The minimum absolute atomic E-state index is 0.142. The maximum absolute atomic E-state index is 13.3. The van der Waals surface area contributed by atoms with E-state index >= 15 is 0 Å². The molecule has 2 aromatic rings. The summed E-state index contributed by atoms with van der Waals surface area (Å²) in [5.74, 6) is -0.183. The highest BCUT2D eigenvalue weighted by Gasteiger charge is 2.38. The van der Waals surface area contributed by atoms with Crippen LogP contribution in [0.25, 0.3) is 11.1 Å². The topological polar surface area (TPSA) is 90.5 Å². The van der Waals surface area contributed by atoms with Crippen LogP contribution in [0.3, 0.4) is 0 Å². The maximum atomic E-state index is 13.3. The highest BCUT2D eigenvalue weighted by molar-refractivity contribution is 6.06. The summed E-state index contributed by atoms with van der Waals surface area (Å²) in [5.41, 5.74) is 3.41. The summed E-state index contributed by atoms with van der Waals surface area (Å²) in [6.45, 7) is -0.158. The van der Waals surface area contributed by atoms with Gasteiger partial charge in [-0.1, -0.05) is 55.3 Å². The van der Waals surface area contributed by atoms with Crippen molar-refractivity contribution in [2.75, 3.05) is 18.5 Å². The normalized spacial score (nSPS) is 26.0. The molecule has 3 N–H and O–H groups in total. The molecule has 4 unspecified atom stereocenters. The molecule has 2 heterocycles. The van der Waals surface area contributed by atoms with Gasteiger partial charge in [-0.2, -0.15) is 0 Å². The largest absolute Gasteiger partial charge is 0.346 e. The van der Waals surface area contributed by atoms with Gasteiger partial charge in [0.25, 0.3) is 5.91 Å². The molecular weight excluding hydrogens is 416 g/mol. The molecule has 172 valence electrons. The van der Waals surface area contributed by atoms with Crippen LogP contribution in [0.1, 0.15) is 43.7 Å². The SMILES string of the molecule is CN1C(=O)C(NC(=O)CNC(=O)C2CC3CCCCC3N2)c2ccccc2-c2ccccc21. The highest BCUT2D eigenvalue weighted by atomic mass is 16.2. The summed E-state index contributed by atoms with van der Waals surface area (Å²) in [6.07, 6.45) is 5.56. The number of rotatable bonds is 4. The molecule has 1 aliphatic carbocycles. The van der Waals surface area contributed by atoms with E-state index in [9.17, 15) is 14.4 Å². The number of fused-ring (bicyclic) bond motifs is 4. The molecule has 0 spiro atoms. The van der Waals surface area contributed by atoms with Crippen molar-refractivity contribution in [3.05, 3.63) is 54.1 Å². The lowest BCUT2D eigenvalue weighted by molar-refractivity contribution is -0.129. The Hall–Kier alpha value is -3.19. The first-order chi connectivity index (χ1) is 16.0. The number of carbonyl (C=O) groups excluding carboxylic acids is 3. The van der Waals surface area contributed by atoms with Gasteiger partial charge in [-0.25, -0.2) is 0 Å². The fraction of sp³-hybridized carbons (Fsp3) is 0.423. The Balaban J connectivity index is 1.27. The number of hydrogen-bond acceptors (Lipinski definition) is 4. The molecule has 7 nitrogen and oxygen atoms in total. The van der Waals surface area contributed by atoms with E-state index in [-0.39, 0.29) is 30.3 Å². The molecule has 3 aliphatic rings. The number of anilines is 1. The zero-order valence-corrected chi connectivity index (χ0v) is 18.8. The van der Waals surface area contributed by atoms with Crippen LogP contribution >= 0.6 is 0 Å². The van der Waals surface area contributed by atoms with Crippen LogP contribution in [0.5, 0.6) is 0 Å². The molecule has 0 bridgehead atoms. The quantitative estimate of drug-likeness (QED) is 0.673. The Morgan fingerprint density at radius 2 is 1.76 bits per heavy atom. The Morgan fingerprint density at radius 3 is 2.58 bits per heavy atom. The van der Waals surface area contributed by atoms with Crippen molar-refractivity contribution in [1.82, 2.24) is 16.0 Å². The van der Waals surface area contributed by atoms with E-state index in [1.54, 1.807) is 11.9 Å². The van der Waals surface area contributed by atoms with Gasteiger partial charge in [-0.05, 0) is 42.4 Å². The monoisotopic (exact) mass is 446 g/mol. The van der Waals surface area contributed by atoms with E-state index in [0.29, 0.717) is 12.0 Å². The standard InChI is InChI=1S/C26H30N4O3/c1-30-22-13-7-5-10-18(22)17-9-3-4-11-19(17)24(26(30)33)29-23(31)15-27-25(32)21-14-16-8-2-6-12-20(16)28-21/h3-5,7,9-11,13,16,20-21,24,28H,2,6,8,12,14-15H2,1H3,(H,27,32)(H,29,31). The van der Waals surface area contributed by atoms with Crippen molar-refractivity contribution in [3.8, 4) is 11.1 Å². The van der Waals surface area contributed by atoms with Crippen LogP contribution in [0, 0.1) is 5.92 Å². The summed E-state index contributed by atoms with van der Waals surface area (Å²) in [4.78, 5) is 40.4. The smallest absolute Gasteiger partial charge is 0.253 e. The van der Waals surface area contributed by atoms with E-state index in [4.69, 9.17) is 0 Å². The molecule has 1 saturated carbocycles. The molecular formula is C26H30N4O3. The van der Waals surface area contributed by atoms with Crippen molar-refractivity contribution in [2.24, 2.45) is 5.92 Å². The molecule has 4 atom stereocenters. The fourth-order valence-electron chi connectivity index (χ4n) is 5.60. The predicted octanol–water partition coefficient (Wildman–Crippen LogP) is 2.52. The molecule has 2 aliphatic heterocycles. The number of para-hydroxylation sites is 1. The van der Waals surface area contributed by atoms with E-state index in [0.717, 1.165) is 35.2 Å². The highest BCUT2D eigenvalue weighted by Crippen LogP contribution is 2.39. The summed E-state index contributed by atoms with van der Waals surface area (Å²) in [5, 5.41) is 9.07. The van der Waals surface area contributed by atoms with Crippen LogP contribution < -0.4 is 20.9 Å². The van der Waals surface area contributed by atoms with Gasteiger partial charge in [0, 0.05) is 18.7 Å². The molecule has 0 aromatic heterocycles. The molecule has 1 saturated heterocycles. The molecule has 2 fully saturated rings. The fourth-order valence-corrected chi connectivity index (χ4v) is 5.60. The molecule has 33 heavy (non-hydrogen) atoms. The lowest BCUT2D eigenvalue weighted by atomic mass is 9.85. The summed E-state index contributed by atoms with van der Waals surface area (Å²) in [6, 6.07) is 14.7. The molecule has 2 aromatic carbocycles. The van der Waals surface area contributed by atoms with Crippen molar-refractivity contribution in [3.63, 3.8) is 0 Å². The molecule has 7 heteroatoms. The van der Waals surface area contributed by atoms with Crippen LogP contribution in [-0.2, 0) is 14.4 Å². The minimum atomic E-state index is -0.824. The van der Waals surface area contributed by atoms with Gasteiger partial charge in [-0.3, -0.25) is 14.4 Å². The first-order valence-corrected chi connectivity index (χ1v) is 11.8. The van der Waals surface area contributed by atoms with Crippen LogP contribution in [0.2, 0.25) is 0 Å². The van der Waals surface area contributed by atoms with E-state index in [1.807, 2.05) is 48.5 Å². The number of amides is 3. The third-order valence-corrected chi connectivity index (χ3v) is 7.31. The first-order valence-electron chi connectivity index (χ1n) is 11.8. The van der Waals surface area contributed by atoms with Gasteiger partial charge in [0.2, 0.25) is 11.8 Å². The Morgan fingerprint density at radius 1 is 1.03 bits per heavy atom. The Kier molecular flexibility index (Phi) is 5.89. The number of hydrogen-bond donors (Lipinski definition) is 3. The zero-order chi connectivity index (χ0) is 22.9. The molecule has 3 amide bonds. The number of benzene rings is 2. The van der Waals surface area contributed by atoms with Gasteiger partial charge in [0.1, 0.15) is 6.04 Å². The average Bonchev–Trinajstić information content (AvgIpc) is 3.26. The Labute approximate surface area is 193 Å². The van der Waals surface area contributed by atoms with Crippen molar-refractivity contribution >= 4 is 23.4 Å². The predicted molar refractivity (Wildman–Crippen MR) is 126 cm³/mol. The Bertz CT molecular complexity index is 1070. The van der Waals surface area contributed by atoms with Crippen LogP contribution in [0.15, 0.2) is 48.5 Å². The summed E-state index contributed by atoms with van der Waals surface area (Å²) >= 11 is 0. The maximum Gasteiger partial charge on any atom is 0.253 e. The van der Waals surface area contributed by atoms with Crippen LogP contribution in [-0.4, -0.2) is 43.4 Å². The van der Waals surface area contributed by atoms with Crippen molar-refractivity contribution in [2.45, 2.75) is 50.2 Å². The van der Waals surface area contributed by atoms with E-state index < -0.39 is 6.04 Å². The van der Waals surface area contributed by atoms with Gasteiger partial charge in [0.05, 0.1) is 18.3 Å². The van der Waals surface area contributed by atoms with Crippen LogP contribution in [0.4, 0.5) is 5.69 Å². The van der Waals surface area contributed by atoms with Crippen molar-refractivity contribution < 1.29 is 14.4 Å². The zero-order valence-electron chi connectivity index (χ0n) is 18.8. The molecule has 0 radical (unpaired) electrons.